The van der Waals surface area contributed by atoms with E-state index in [0.29, 0.717) is 24.7 Å². The van der Waals surface area contributed by atoms with Crippen LogP contribution in [0.15, 0.2) is 84.9 Å². The molecule has 4 rings (SSSR count). The number of ether oxygens (including phenoxy) is 2. The zero-order chi connectivity index (χ0) is 30.0. The third-order valence-electron chi connectivity index (χ3n) is 6.90. The van der Waals surface area contributed by atoms with Crippen LogP contribution in [0.5, 0.6) is 11.5 Å². The third kappa shape index (κ3) is 11.7. The summed E-state index contributed by atoms with van der Waals surface area (Å²) in [6, 6.07) is 28.8. The van der Waals surface area contributed by atoms with Crippen molar-refractivity contribution >= 4 is 0 Å². The zero-order valence-corrected chi connectivity index (χ0v) is 26.2. The standard InChI is InChI=1S/C21H28O4.C10H14.C6H6.H2O/c1-5-16-8-14(10-18(12-24-3)20(16)22)7-15-9-17(6-2)21(23)19(11-15)13-25-4;1-3-9-6-5-7-10(4-2)8-9;1-2-4-6-5-3-1;/h8-11,22-23H,5-7,12-13H2,1-4H3;5-8H,3-4H2,1-2H3;1-6H;1H2. The molecule has 0 aliphatic heterocycles. The van der Waals surface area contributed by atoms with Gasteiger partial charge in [-0.05, 0) is 77.6 Å². The fraction of sp³-hybridized carbons (Fsp3) is 0.351. The van der Waals surface area contributed by atoms with E-state index in [0.717, 1.165) is 65.5 Å². The quantitative estimate of drug-likeness (QED) is 0.202. The van der Waals surface area contributed by atoms with E-state index < -0.39 is 0 Å². The van der Waals surface area contributed by atoms with Crippen LogP contribution in [-0.2, 0) is 54.8 Å². The molecule has 0 unspecified atom stereocenters. The van der Waals surface area contributed by atoms with Gasteiger partial charge in [-0.15, -0.1) is 0 Å². The van der Waals surface area contributed by atoms with Crippen LogP contribution >= 0.6 is 0 Å². The van der Waals surface area contributed by atoms with Gasteiger partial charge in [0.05, 0.1) is 13.2 Å². The van der Waals surface area contributed by atoms with E-state index in [-0.39, 0.29) is 5.48 Å². The second-order valence-corrected chi connectivity index (χ2v) is 9.96. The Balaban J connectivity index is 0.000000422. The van der Waals surface area contributed by atoms with E-state index in [9.17, 15) is 10.2 Å². The lowest BCUT2D eigenvalue weighted by atomic mass is 9.95. The molecule has 0 atom stereocenters. The highest BCUT2D eigenvalue weighted by Gasteiger charge is 2.12. The number of rotatable bonds is 10. The molecule has 0 radical (unpaired) electrons. The maximum atomic E-state index is 10.3. The van der Waals surface area contributed by atoms with Gasteiger partial charge in [0.1, 0.15) is 11.5 Å². The molecule has 0 fully saturated rings. The van der Waals surface area contributed by atoms with Crippen molar-refractivity contribution in [1.82, 2.24) is 0 Å². The van der Waals surface area contributed by atoms with Gasteiger partial charge in [0.25, 0.3) is 0 Å². The predicted molar refractivity (Wildman–Crippen MR) is 174 cm³/mol. The Kier molecular flexibility index (Phi) is 17.6. The average Bonchev–Trinajstić information content (AvgIpc) is 3.01. The Morgan fingerprint density at radius 3 is 1.14 bits per heavy atom. The van der Waals surface area contributed by atoms with Crippen molar-refractivity contribution in [2.75, 3.05) is 14.2 Å². The van der Waals surface area contributed by atoms with Gasteiger partial charge < -0.3 is 25.2 Å². The molecule has 0 amide bonds. The lowest BCUT2D eigenvalue weighted by molar-refractivity contribution is 0.181. The Morgan fingerprint density at radius 1 is 0.476 bits per heavy atom. The molecule has 0 aliphatic rings. The summed E-state index contributed by atoms with van der Waals surface area (Å²) in [5.41, 5.74) is 8.61. The zero-order valence-electron chi connectivity index (χ0n) is 26.2. The molecule has 4 N–H and O–H groups in total. The third-order valence-corrected chi connectivity index (χ3v) is 6.90. The maximum absolute atomic E-state index is 10.3. The summed E-state index contributed by atoms with van der Waals surface area (Å²) in [6.45, 7) is 9.21. The highest BCUT2D eigenvalue weighted by atomic mass is 16.5. The van der Waals surface area contributed by atoms with E-state index in [1.807, 2.05) is 74.5 Å². The summed E-state index contributed by atoms with van der Waals surface area (Å²) < 4.78 is 10.4. The van der Waals surface area contributed by atoms with E-state index in [1.165, 1.54) is 11.1 Å². The SMILES string of the molecule is CCc1cc(Cc2cc(CC)c(O)c(COC)c2)cc(COC)c1O.CCc1cccc(CC)c1.O.c1ccccc1. The van der Waals surface area contributed by atoms with Gasteiger partial charge in [-0.1, -0.05) is 100 Å². The predicted octanol–water partition coefficient (Wildman–Crippen LogP) is 7.78. The second kappa shape index (κ2) is 20.3. The van der Waals surface area contributed by atoms with Crippen molar-refractivity contribution in [3.63, 3.8) is 0 Å². The molecule has 0 saturated carbocycles. The highest BCUT2D eigenvalue weighted by Crippen LogP contribution is 2.30. The van der Waals surface area contributed by atoms with Crippen LogP contribution in [0.2, 0.25) is 0 Å². The number of phenolic OH excluding ortho intramolecular Hbond substituents is 2. The topological polar surface area (TPSA) is 90.4 Å². The Bertz CT molecular complexity index is 1190. The van der Waals surface area contributed by atoms with Crippen LogP contribution < -0.4 is 0 Å². The molecule has 4 aromatic rings. The Labute approximate surface area is 253 Å². The second-order valence-electron chi connectivity index (χ2n) is 9.96. The summed E-state index contributed by atoms with van der Waals surface area (Å²) in [4.78, 5) is 0. The van der Waals surface area contributed by atoms with E-state index in [4.69, 9.17) is 9.47 Å². The van der Waals surface area contributed by atoms with Gasteiger partial charge in [0.15, 0.2) is 0 Å². The molecule has 0 saturated heterocycles. The van der Waals surface area contributed by atoms with Gasteiger partial charge in [-0.3, -0.25) is 0 Å². The lowest BCUT2D eigenvalue weighted by Crippen LogP contribution is -2.00. The fourth-order valence-electron chi connectivity index (χ4n) is 4.63. The highest BCUT2D eigenvalue weighted by molar-refractivity contribution is 5.48. The van der Waals surface area contributed by atoms with Crippen LogP contribution in [0.3, 0.4) is 0 Å². The van der Waals surface area contributed by atoms with Gasteiger partial charge in [-0.25, -0.2) is 0 Å². The Morgan fingerprint density at radius 2 is 0.833 bits per heavy atom. The van der Waals surface area contributed by atoms with Gasteiger partial charge >= 0.3 is 0 Å². The first-order chi connectivity index (χ1) is 19.9. The molecule has 4 aromatic carbocycles. The molecular formula is C37H50O5. The van der Waals surface area contributed by atoms with Gasteiger partial charge in [0.2, 0.25) is 0 Å². The van der Waals surface area contributed by atoms with Gasteiger partial charge in [-0.2, -0.15) is 0 Å². The summed E-state index contributed by atoms with van der Waals surface area (Å²) in [6.07, 6.45) is 4.55. The van der Waals surface area contributed by atoms with Crippen LogP contribution in [0.25, 0.3) is 0 Å². The number of hydrogen-bond acceptors (Lipinski definition) is 4. The summed E-state index contributed by atoms with van der Waals surface area (Å²) in [5, 5.41) is 20.6. The minimum atomic E-state index is 0. The van der Waals surface area contributed by atoms with Crippen LogP contribution in [0.4, 0.5) is 0 Å². The first-order valence-electron chi connectivity index (χ1n) is 14.6. The minimum Gasteiger partial charge on any atom is -0.507 e. The van der Waals surface area contributed by atoms with E-state index >= 15 is 0 Å². The summed E-state index contributed by atoms with van der Waals surface area (Å²) in [5.74, 6) is 0.654. The molecule has 0 heterocycles. The van der Waals surface area contributed by atoms with Crippen molar-refractivity contribution in [3.8, 4) is 11.5 Å². The van der Waals surface area contributed by atoms with E-state index in [2.05, 4.69) is 38.1 Å². The van der Waals surface area contributed by atoms with Crippen molar-refractivity contribution in [2.24, 2.45) is 0 Å². The smallest absolute Gasteiger partial charge is 0.124 e. The molecular weight excluding hydrogens is 524 g/mol. The molecule has 0 aliphatic carbocycles. The number of aryl methyl sites for hydroxylation is 4. The van der Waals surface area contributed by atoms with Gasteiger partial charge in [0, 0.05) is 25.3 Å². The number of aromatic hydroxyl groups is 2. The van der Waals surface area contributed by atoms with Crippen LogP contribution in [0, 0.1) is 0 Å². The average molecular weight is 575 g/mol. The molecule has 0 bridgehead atoms. The van der Waals surface area contributed by atoms with Crippen molar-refractivity contribution < 1.29 is 25.2 Å². The molecule has 5 nitrogen and oxygen atoms in total. The summed E-state index contributed by atoms with van der Waals surface area (Å²) in [7, 11) is 3.25. The first-order valence-corrected chi connectivity index (χ1v) is 14.6. The molecule has 0 aromatic heterocycles. The van der Waals surface area contributed by atoms with Crippen LogP contribution in [-0.4, -0.2) is 29.9 Å². The summed E-state index contributed by atoms with van der Waals surface area (Å²) >= 11 is 0. The van der Waals surface area contributed by atoms with Crippen molar-refractivity contribution in [2.45, 2.75) is 73.0 Å². The molecule has 42 heavy (non-hydrogen) atoms. The first kappa shape index (κ1) is 36.4. The minimum absolute atomic E-state index is 0. The van der Waals surface area contributed by atoms with Crippen molar-refractivity contribution in [3.05, 3.63) is 129 Å². The number of hydrogen-bond donors (Lipinski definition) is 2. The normalized spacial score (nSPS) is 10.0. The van der Waals surface area contributed by atoms with Crippen molar-refractivity contribution in [1.29, 1.82) is 0 Å². The van der Waals surface area contributed by atoms with Crippen LogP contribution in [0.1, 0.15) is 72.2 Å². The number of phenols is 2. The maximum Gasteiger partial charge on any atom is 0.124 e. The lowest BCUT2D eigenvalue weighted by Gasteiger charge is -2.14. The largest absolute Gasteiger partial charge is 0.507 e. The molecule has 228 valence electrons. The van der Waals surface area contributed by atoms with E-state index in [1.54, 1.807) is 14.2 Å². The number of methoxy groups -OCH3 is 2. The number of benzene rings is 4. The fourth-order valence-corrected chi connectivity index (χ4v) is 4.63. The Hall–Kier alpha value is -3.64. The molecule has 0 spiro atoms. The molecule has 5 heteroatoms. The monoisotopic (exact) mass is 574 g/mol.